The van der Waals surface area contributed by atoms with Crippen LogP contribution in [-0.4, -0.2) is 16.7 Å². The summed E-state index contributed by atoms with van der Waals surface area (Å²) in [6.45, 7) is 0. The smallest absolute Gasteiger partial charge is 0.272 e. The van der Waals surface area contributed by atoms with E-state index < -0.39 is 0 Å². The normalized spacial score (nSPS) is 13.3. The summed E-state index contributed by atoms with van der Waals surface area (Å²) in [6, 6.07) is 12.6. The summed E-state index contributed by atoms with van der Waals surface area (Å²) in [5.41, 5.74) is 3.79. The van der Waals surface area contributed by atoms with Gasteiger partial charge in [-0.25, -0.2) is 0 Å². The van der Waals surface area contributed by atoms with E-state index in [1.165, 1.54) is 0 Å². The van der Waals surface area contributed by atoms with E-state index in [9.17, 15) is 9.59 Å². The number of aryl methyl sites for hydroxylation is 1. The molecule has 0 spiro atoms. The molecule has 4 nitrogen and oxygen atoms in total. The third-order valence-corrected chi connectivity index (χ3v) is 4.35. The fourth-order valence-electron chi connectivity index (χ4n) is 2.96. The topological polar surface area (TPSA) is 62.0 Å². The standard InChI is InChI=1S/C18H13ClN2O2/c19-12-2-5-15-11(7-12)9-16(21-15)18(23)20-13-3-4-14-10(8-13)1-6-17(14)22/h2-5,7-9,21H,1,6H2,(H,20,23). The second-order valence-corrected chi connectivity index (χ2v) is 6.10. The molecule has 114 valence electrons. The van der Waals surface area contributed by atoms with Crippen LogP contribution < -0.4 is 5.32 Å². The van der Waals surface area contributed by atoms with Crippen molar-refractivity contribution < 1.29 is 9.59 Å². The van der Waals surface area contributed by atoms with Gasteiger partial charge in [0, 0.05) is 33.6 Å². The van der Waals surface area contributed by atoms with Crippen LogP contribution in [0.4, 0.5) is 5.69 Å². The Bertz CT molecular complexity index is 959. The minimum atomic E-state index is -0.221. The molecule has 23 heavy (non-hydrogen) atoms. The summed E-state index contributed by atoms with van der Waals surface area (Å²) in [4.78, 5) is 27.1. The van der Waals surface area contributed by atoms with Crippen molar-refractivity contribution in [3.63, 3.8) is 0 Å². The van der Waals surface area contributed by atoms with Gasteiger partial charge in [0.1, 0.15) is 5.69 Å². The van der Waals surface area contributed by atoms with Gasteiger partial charge in [-0.1, -0.05) is 11.6 Å². The summed E-state index contributed by atoms with van der Waals surface area (Å²) in [5, 5.41) is 4.39. The zero-order valence-corrected chi connectivity index (χ0v) is 12.9. The van der Waals surface area contributed by atoms with Crippen LogP contribution in [0.25, 0.3) is 10.9 Å². The number of benzene rings is 2. The molecule has 0 aliphatic heterocycles. The first-order chi connectivity index (χ1) is 11.1. The summed E-state index contributed by atoms with van der Waals surface area (Å²) in [5.74, 6) is -0.0491. The lowest BCUT2D eigenvalue weighted by atomic mass is 10.1. The van der Waals surface area contributed by atoms with Gasteiger partial charge in [-0.3, -0.25) is 9.59 Å². The van der Waals surface area contributed by atoms with Gasteiger partial charge in [-0.2, -0.15) is 0 Å². The monoisotopic (exact) mass is 324 g/mol. The number of aromatic nitrogens is 1. The third kappa shape index (κ3) is 2.51. The van der Waals surface area contributed by atoms with E-state index in [1.807, 2.05) is 18.2 Å². The molecule has 0 bridgehead atoms. The van der Waals surface area contributed by atoms with Gasteiger partial charge >= 0.3 is 0 Å². The third-order valence-electron chi connectivity index (χ3n) is 4.11. The molecule has 1 aliphatic carbocycles. The Labute approximate surface area is 137 Å². The number of H-pyrrole nitrogens is 1. The minimum Gasteiger partial charge on any atom is -0.351 e. The zero-order chi connectivity index (χ0) is 16.0. The average molecular weight is 325 g/mol. The number of amides is 1. The molecule has 0 saturated heterocycles. The lowest BCUT2D eigenvalue weighted by molar-refractivity contribution is 0.0992. The maximum atomic E-state index is 12.4. The fourth-order valence-corrected chi connectivity index (χ4v) is 3.14. The quantitative estimate of drug-likeness (QED) is 0.742. The maximum absolute atomic E-state index is 12.4. The van der Waals surface area contributed by atoms with Gasteiger partial charge in [-0.15, -0.1) is 0 Å². The van der Waals surface area contributed by atoms with E-state index in [0.29, 0.717) is 22.8 Å². The largest absolute Gasteiger partial charge is 0.351 e. The van der Waals surface area contributed by atoms with Gasteiger partial charge in [0.25, 0.3) is 5.91 Å². The predicted octanol–water partition coefficient (Wildman–Crippen LogP) is 4.20. The molecule has 0 atom stereocenters. The lowest BCUT2D eigenvalue weighted by Gasteiger charge is -2.06. The highest BCUT2D eigenvalue weighted by Gasteiger charge is 2.20. The Hall–Kier alpha value is -2.59. The molecule has 5 heteroatoms. The van der Waals surface area contributed by atoms with Crippen molar-refractivity contribution in [2.24, 2.45) is 0 Å². The van der Waals surface area contributed by atoms with Gasteiger partial charge < -0.3 is 10.3 Å². The van der Waals surface area contributed by atoms with Gasteiger partial charge in [0.05, 0.1) is 0 Å². The van der Waals surface area contributed by atoms with Crippen molar-refractivity contribution in [2.75, 3.05) is 5.32 Å². The van der Waals surface area contributed by atoms with Crippen LogP contribution in [0.1, 0.15) is 32.8 Å². The molecule has 0 saturated carbocycles. The molecule has 2 aromatic carbocycles. The van der Waals surface area contributed by atoms with Crippen LogP contribution >= 0.6 is 11.6 Å². The van der Waals surface area contributed by atoms with Gasteiger partial charge in [0.2, 0.25) is 0 Å². The van der Waals surface area contributed by atoms with E-state index in [0.717, 1.165) is 28.5 Å². The summed E-state index contributed by atoms with van der Waals surface area (Å²) in [7, 11) is 0. The second kappa shape index (κ2) is 5.25. The van der Waals surface area contributed by atoms with Crippen LogP contribution in [0.3, 0.4) is 0 Å². The van der Waals surface area contributed by atoms with Crippen LogP contribution in [-0.2, 0) is 6.42 Å². The number of rotatable bonds is 2. The number of fused-ring (bicyclic) bond motifs is 2. The highest BCUT2D eigenvalue weighted by Crippen LogP contribution is 2.26. The number of carbonyl (C=O) groups is 2. The number of halogens is 1. The van der Waals surface area contributed by atoms with E-state index >= 15 is 0 Å². The Morgan fingerprint density at radius 2 is 1.96 bits per heavy atom. The fraction of sp³-hybridized carbons (Fsp3) is 0.111. The molecular weight excluding hydrogens is 312 g/mol. The first-order valence-electron chi connectivity index (χ1n) is 7.36. The molecule has 0 fully saturated rings. The van der Waals surface area contributed by atoms with Crippen molar-refractivity contribution in [1.82, 2.24) is 4.98 Å². The number of hydrogen-bond donors (Lipinski definition) is 2. The molecule has 0 unspecified atom stereocenters. The average Bonchev–Trinajstić information content (AvgIpc) is 3.11. The number of anilines is 1. The van der Waals surface area contributed by atoms with Crippen molar-refractivity contribution in [2.45, 2.75) is 12.8 Å². The van der Waals surface area contributed by atoms with Crippen molar-refractivity contribution in [3.8, 4) is 0 Å². The molecule has 1 aromatic heterocycles. The lowest BCUT2D eigenvalue weighted by Crippen LogP contribution is -2.12. The van der Waals surface area contributed by atoms with Crippen LogP contribution in [0, 0.1) is 0 Å². The van der Waals surface area contributed by atoms with E-state index in [4.69, 9.17) is 11.6 Å². The van der Waals surface area contributed by atoms with E-state index in [1.54, 1.807) is 24.3 Å². The number of aromatic amines is 1. The zero-order valence-electron chi connectivity index (χ0n) is 12.2. The summed E-state index contributed by atoms with van der Waals surface area (Å²) in [6.07, 6.45) is 1.29. The number of carbonyl (C=O) groups excluding carboxylic acids is 2. The van der Waals surface area contributed by atoms with E-state index in [-0.39, 0.29) is 11.7 Å². The number of ketones is 1. The van der Waals surface area contributed by atoms with Crippen LogP contribution in [0.2, 0.25) is 5.02 Å². The van der Waals surface area contributed by atoms with Gasteiger partial charge in [0.15, 0.2) is 5.78 Å². The molecule has 1 heterocycles. The minimum absolute atomic E-state index is 0.172. The van der Waals surface area contributed by atoms with Crippen molar-refractivity contribution in [3.05, 3.63) is 64.3 Å². The Morgan fingerprint density at radius 1 is 1.09 bits per heavy atom. The molecule has 1 amide bonds. The number of hydrogen-bond acceptors (Lipinski definition) is 2. The van der Waals surface area contributed by atoms with Crippen molar-refractivity contribution in [1.29, 1.82) is 0 Å². The SMILES string of the molecule is O=C(Nc1ccc2c(c1)CCC2=O)c1cc2cc(Cl)ccc2[nH]1. The number of Topliss-reactive ketones (excluding diaryl/α,β-unsaturated/α-hetero) is 1. The van der Waals surface area contributed by atoms with E-state index in [2.05, 4.69) is 10.3 Å². The second-order valence-electron chi connectivity index (χ2n) is 5.66. The Balaban J connectivity index is 1.60. The molecule has 3 aromatic rings. The molecule has 0 radical (unpaired) electrons. The predicted molar refractivity (Wildman–Crippen MR) is 90.4 cm³/mol. The number of nitrogens with one attached hydrogen (secondary N) is 2. The first kappa shape index (κ1) is 14.0. The maximum Gasteiger partial charge on any atom is 0.272 e. The van der Waals surface area contributed by atoms with Crippen LogP contribution in [0.15, 0.2) is 42.5 Å². The van der Waals surface area contributed by atoms with Gasteiger partial charge in [-0.05, 0) is 54.4 Å². The molecule has 4 rings (SSSR count). The Kier molecular flexibility index (Phi) is 3.20. The summed E-state index contributed by atoms with van der Waals surface area (Å²) >= 11 is 5.96. The molecular formula is C18H13ClN2O2. The van der Waals surface area contributed by atoms with Crippen LogP contribution in [0.5, 0.6) is 0 Å². The highest BCUT2D eigenvalue weighted by atomic mass is 35.5. The first-order valence-corrected chi connectivity index (χ1v) is 7.74. The summed E-state index contributed by atoms with van der Waals surface area (Å²) < 4.78 is 0. The van der Waals surface area contributed by atoms with Crippen molar-refractivity contribution >= 4 is 39.9 Å². The Morgan fingerprint density at radius 3 is 2.83 bits per heavy atom. The highest BCUT2D eigenvalue weighted by molar-refractivity contribution is 6.31. The molecule has 1 aliphatic rings. The molecule has 2 N–H and O–H groups in total.